The van der Waals surface area contributed by atoms with Crippen LogP contribution < -0.4 is 0 Å². The number of hydrogen-bond acceptors (Lipinski definition) is 6. The lowest BCUT2D eigenvalue weighted by Gasteiger charge is -2.38. The number of carbonyl (C=O) groups is 2. The predicted octanol–water partition coefficient (Wildman–Crippen LogP) is 2.90. The molecule has 1 aliphatic heterocycles. The van der Waals surface area contributed by atoms with E-state index in [1.54, 1.807) is 12.1 Å². The molecule has 1 fully saturated rings. The van der Waals surface area contributed by atoms with Crippen LogP contribution in [0.1, 0.15) is 58.0 Å². The highest BCUT2D eigenvalue weighted by Gasteiger charge is 2.53. The lowest BCUT2D eigenvalue weighted by Crippen LogP contribution is -2.39. The van der Waals surface area contributed by atoms with E-state index in [9.17, 15) is 24.9 Å². The molecule has 0 spiro atoms. The Morgan fingerprint density at radius 1 is 1.25 bits per heavy atom. The van der Waals surface area contributed by atoms with E-state index in [4.69, 9.17) is 4.42 Å². The smallest absolute Gasteiger partial charge is 0.233 e. The molecule has 1 aromatic rings. The molecular formula is C25H35NO6. The molecule has 2 heterocycles. The molecule has 3 N–H and O–H groups in total. The molecule has 0 radical (unpaired) electrons. The molecule has 0 unspecified atom stereocenters. The van der Waals surface area contributed by atoms with Gasteiger partial charge in [0.2, 0.25) is 11.8 Å². The summed E-state index contributed by atoms with van der Waals surface area (Å²) >= 11 is 0. The Bertz CT molecular complexity index is 911. The van der Waals surface area contributed by atoms with Gasteiger partial charge in [0, 0.05) is 13.0 Å². The van der Waals surface area contributed by atoms with Crippen molar-refractivity contribution in [2.45, 2.75) is 59.2 Å². The fourth-order valence-electron chi connectivity index (χ4n) is 5.19. The first-order chi connectivity index (χ1) is 15.2. The first-order valence-electron chi connectivity index (χ1n) is 11.5. The molecular weight excluding hydrogens is 410 g/mol. The Morgan fingerprint density at radius 3 is 2.53 bits per heavy atom. The van der Waals surface area contributed by atoms with Gasteiger partial charge in [-0.2, -0.15) is 0 Å². The zero-order chi connectivity index (χ0) is 23.6. The highest BCUT2D eigenvalue weighted by atomic mass is 16.4. The van der Waals surface area contributed by atoms with Crippen LogP contribution in [0.25, 0.3) is 6.08 Å². The molecule has 7 nitrogen and oxygen atoms in total. The molecule has 2 amide bonds. The summed E-state index contributed by atoms with van der Waals surface area (Å²) < 4.78 is 5.55. The van der Waals surface area contributed by atoms with E-state index in [0.29, 0.717) is 30.8 Å². The van der Waals surface area contributed by atoms with Gasteiger partial charge in [0.25, 0.3) is 0 Å². The molecule has 0 bridgehead atoms. The Morgan fingerprint density at radius 2 is 1.97 bits per heavy atom. The van der Waals surface area contributed by atoms with Crippen molar-refractivity contribution in [2.75, 3.05) is 13.7 Å². The topological polar surface area (TPSA) is 111 Å². The van der Waals surface area contributed by atoms with Crippen LogP contribution in [0.5, 0.6) is 0 Å². The third kappa shape index (κ3) is 4.60. The number of hydrogen-bond donors (Lipinski definition) is 3. The third-order valence-corrected chi connectivity index (χ3v) is 6.97. The maximum Gasteiger partial charge on any atom is 0.233 e. The van der Waals surface area contributed by atoms with E-state index in [0.717, 1.165) is 23.1 Å². The predicted molar refractivity (Wildman–Crippen MR) is 120 cm³/mol. The highest BCUT2D eigenvalue weighted by Crippen LogP contribution is 2.47. The summed E-state index contributed by atoms with van der Waals surface area (Å²) in [7, 11) is 1.50. The number of carbonyl (C=O) groups excluding carboxylic acids is 2. The van der Waals surface area contributed by atoms with E-state index >= 15 is 0 Å². The molecule has 4 atom stereocenters. The number of aliphatic hydroxyl groups is 3. The Kier molecular flexibility index (Phi) is 7.75. The highest BCUT2D eigenvalue weighted by molar-refractivity contribution is 6.05. The van der Waals surface area contributed by atoms with Gasteiger partial charge in [-0.15, -0.1) is 0 Å². The van der Waals surface area contributed by atoms with E-state index in [-0.39, 0.29) is 30.9 Å². The molecule has 1 aromatic heterocycles. The zero-order valence-electron chi connectivity index (χ0n) is 19.4. The van der Waals surface area contributed by atoms with Gasteiger partial charge in [0.1, 0.15) is 18.1 Å². The molecule has 1 aliphatic carbocycles. The minimum absolute atomic E-state index is 0.102. The quantitative estimate of drug-likeness (QED) is 0.398. The van der Waals surface area contributed by atoms with Crippen LogP contribution in [0.3, 0.4) is 0 Å². The number of furan rings is 1. The fourth-order valence-corrected chi connectivity index (χ4v) is 5.19. The summed E-state index contributed by atoms with van der Waals surface area (Å²) in [4.78, 5) is 26.5. The maximum absolute atomic E-state index is 12.8. The summed E-state index contributed by atoms with van der Waals surface area (Å²) in [5.74, 6) is -0.801. The standard InChI is InChI=1S/C25H35NO6/c1-5-15(10-16-7-8-17(12-27)32-16)6-9-21(29)22-18(14(2)3)11-19-23(20(22)13-28)25(31)26(4)24(19)30/h7-8,10,14,19-21,23,27-29H,5-6,9,11-13H2,1-4H3/b15-10+/t19-,20+,21-,23-/m1/s1. The second kappa shape index (κ2) is 10.1. The van der Waals surface area contributed by atoms with Gasteiger partial charge >= 0.3 is 0 Å². The Labute approximate surface area is 189 Å². The van der Waals surface area contributed by atoms with Crippen molar-refractivity contribution in [1.29, 1.82) is 0 Å². The van der Waals surface area contributed by atoms with E-state index in [1.165, 1.54) is 11.9 Å². The monoisotopic (exact) mass is 445 g/mol. The van der Waals surface area contributed by atoms with Crippen molar-refractivity contribution in [1.82, 2.24) is 4.90 Å². The largest absolute Gasteiger partial charge is 0.459 e. The number of aliphatic hydroxyl groups excluding tert-OH is 3. The maximum atomic E-state index is 12.8. The normalized spacial score (nSPS) is 25.2. The number of rotatable bonds is 9. The van der Waals surface area contributed by atoms with Crippen LogP contribution in [0.2, 0.25) is 0 Å². The van der Waals surface area contributed by atoms with Gasteiger partial charge in [-0.05, 0) is 55.4 Å². The summed E-state index contributed by atoms with van der Waals surface area (Å²) in [5.41, 5.74) is 2.81. The van der Waals surface area contributed by atoms with Gasteiger partial charge in [-0.1, -0.05) is 31.9 Å². The number of nitrogens with zero attached hydrogens (tertiary/aromatic N) is 1. The summed E-state index contributed by atoms with van der Waals surface area (Å²) in [5, 5.41) is 30.6. The molecule has 32 heavy (non-hydrogen) atoms. The molecule has 1 saturated heterocycles. The SMILES string of the molecule is CC/C(=C\c1ccc(CO)o1)CC[C@@H](O)C1=C(C(C)C)C[C@H]2C(=O)N(C)C(=O)[C@H]2[C@H]1CO. The first kappa shape index (κ1) is 24.4. The van der Waals surface area contributed by atoms with Crippen molar-refractivity contribution in [3.05, 3.63) is 40.4 Å². The molecule has 2 aliphatic rings. The summed E-state index contributed by atoms with van der Waals surface area (Å²) in [6.07, 6.45) is 3.43. The van der Waals surface area contributed by atoms with E-state index in [2.05, 4.69) is 0 Å². The van der Waals surface area contributed by atoms with Crippen LogP contribution in [0.15, 0.2) is 33.3 Å². The minimum Gasteiger partial charge on any atom is -0.459 e. The van der Waals surface area contributed by atoms with Crippen molar-refractivity contribution in [3.8, 4) is 0 Å². The van der Waals surface area contributed by atoms with Crippen LogP contribution in [-0.2, 0) is 16.2 Å². The van der Waals surface area contributed by atoms with E-state index < -0.39 is 23.9 Å². The Hall–Kier alpha value is -2.22. The number of fused-ring (bicyclic) bond motifs is 1. The zero-order valence-corrected chi connectivity index (χ0v) is 19.4. The fraction of sp³-hybridized carbons (Fsp3) is 0.600. The van der Waals surface area contributed by atoms with Crippen molar-refractivity contribution in [3.63, 3.8) is 0 Å². The molecule has 0 aromatic carbocycles. The second-order valence-corrected chi connectivity index (χ2v) is 9.17. The molecule has 7 heteroatoms. The lowest BCUT2D eigenvalue weighted by molar-refractivity contribution is -0.138. The van der Waals surface area contributed by atoms with Crippen molar-refractivity contribution >= 4 is 17.9 Å². The van der Waals surface area contributed by atoms with Gasteiger partial charge in [0.05, 0.1) is 24.5 Å². The average Bonchev–Trinajstić information content (AvgIpc) is 3.33. The minimum atomic E-state index is -0.807. The lowest BCUT2D eigenvalue weighted by atomic mass is 9.66. The first-order valence-corrected chi connectivity index (χ1v) is 11.5. The second-order valence-electron chi connectivity index (χ2n) is 9.17. The molecule has 0 saturated carbocycles. The van der Waals surface area contributed by atoms with Crippen molar-refractivity contribution < 1.29 is 29.3 Å². The third-order valence-electron chi connectivity index (χ3n) is 6.97. The van der Waals surface area contributed by atoms with Crippen molar-refractivity contribution in [2.24, 2.45) is 23.7 Å². The van der Waals surface area contributed by atoms with Crippen LogP contribution in [-0.4, -0.2) is 51.8 Å². The number of amides is 2. The van der Waals surface area contributed by atoms with Gasteiger partial charge in [-0.25, -0.2) is 0 Å². The van der Waals surface area contributed by atoms with E-state index in [1.807, 2.05) is 26.8 Å². The van der Waals surface area contributed by atoms with Gasteiger partial charge in [-0.3, -0.25) is 14.5 Å². The van der Waals surface area contributed by atoms with Crippen LogP contribution in [0, 0.1) is 23.7 Å². The van der Waals surface area contributed by atoms with Crippen LogP contribution >= 0.6 is 0 Å². The van der Waals surface area contributed by atoms with Gasteiger partial charge < -0.3 is 19.7 Å². The van der Waals surface area contributed by atoms with Gasteiger partial charge in [0.15, 0.2) is 0 Å². The molecule has 3 rings (SSSR count). The summed E-state index contributed by atoms with van der Waals surface area (Å²) in [6, 6.07) is 3.54. The number of likely N-dealkylation sites (tertiary alicyclic amines) is 1. The molecule has 176 valence electrons. The number of allylic oxidation sites excluding steroid dienone is 2. The Balaban J connectivity index is 1.84. The summed E-state index contributed by atoms with van der Waals surface area (Å²) in [6.45, 7) is 5.65. The average molecular weight is 446 g/mol. The van der Waals surface area contributed by atoms with Crippen LogP contribution in [0.4, 0.5) is 0 Å². The number of imide groups is 1.